The molecular formula is C24H46N2O2Si2. The second-order valence-electron chi connectivity index (χ2n) is 12.5. The van der Waals surface area contributed by atoms with Crippen molar-refractivity contribution in [1.29, 1.82) is 0 Å². The van der Waals surface area contributed by atoms with Gasteiger partial charge in [0.1, 0.15) is 0 Å². The number of carbonyl (C=O) groups is 2. The van der Waals surface area contributed by atoms with Crippen LogP contribution in [0, 0.1) is 11.8 Å². The van der Waals surface area contributed by atoms with Gasteiger partial charge in [-0.3, -0.25) is 9.59 Å². The van der Waals surface area contributed by atoms with E-state index in [-0.39, 0.29) is 11.8 Å². The molecule has 0 aromatic heterocycles. The minimum absolute atomic E-state index is 0.194. The van der Waals surface area contributed by atoms with E-state index in [9.17, 15) is 9.59 Å². The molecule has 3 rings (SSSR count). The highest BCUT2D eigenvalue weighted by Gasteiger charge is 2.38. The van der Waals surface area contributed by atoms with Crippen LogP contribution in [0.15, 0.2) is 0 Å². The van der Waals surface area contributed by atoms with Crippen LogP contribution in [0.1, 0.15) is 57.8 Å². The molecule has 0 spiro atoms. The quantitative estimate of drug-likeness (QED) is 0.508. The van der Waals surface area contributed by atoms with Crippen molar-refractivity contribution in [2.45, 2.75) is 108 Å². The zero-order valence-corrected chi connectivity index (χ0v) is 22.5. The molecule has 0 aromatic carbocycles. The molecule has 1 heterocycles. The van der Waals surface area contributed by atoms with Gasteiger partial charge in [-0.25, -0.2) is 0 Å². The summed E-state index contributed by atoms with van der Waals surface area (Å²) in [4.78, 5) is 30.4. The van der Waals surface area contributed by atoms with E-state index < -0.39 is 16.1 Å². The normalized spacial score (nSPS) is 31.5. The molecule has 4 nitrogen and oxygen atoms in total. The van der Waals surface area contributed by atoms with Gasteiger partial charge in [-0.15, -0.1) is 0 Å². The van der Waals surface area contributed by atoms with Crippen molar-refractivity contribution in [2.75, 3.05) is 19.8 Å². The van der Waals surface area contributed by atoms with Crippen LogP contribution in [0.4, 0.5) is 0 Å². The summed E-state index contributed by atoms with van der Waals surface area (Å²) in [5.41, 5.74) is 1.74. The first-order valence-corrected chi connectivity index (χ1v) is 19.7. The first-order valence-electron chi connectivity index (χ1n) is 12.5. The van der Waals surface area contributed by atoms with E-state index >= 15 is 0 Å². The summed E-state index contributed by atoms with van der Waals surface area (Å²) in [7, 11) is -2.20. The molecule has 1 aliphatic heterocycles. The van der Waals surface area contributed by atoms with Gasteiger partial charge in [0.2, 0.25) is 11.8 Å². The molecule has 1 saturated heterocycles. The molecule has 2 aliphatic carbocycles. The van der Waals surface area contributed by atoms with Gasteiger partial charge in [0.15, 0.2) is 0 Å². The maximum Gasteiger partial charge on any atom is 0.227 e. The van der Waals surface area contributed by atoms with E-state index in [0.717, 1.165) is 56.3 Å². The first-order chi connectivity index (χ1) is 14.0. The third-order valence-corrected chi connectivity index (χ3v) is 14.5. The van der Waals surface area contributed by atoms with Crippen LogP contribution in [0.2, 0.25) is 50.4 Å². The molecule has 0 atom stereocenters. The fourth-order valence-electron chi connectivity index (χ4n) is 6.09. The Bertz CT molecular complexity index is 558. The first kappa shape index (κ1) is 24.0. The van der Waals surface area contributed by atoms with Crippen LogP contribution in [-0.2, 0) is 9.59 Å². The highest BCUT2D eigenvalue weighted by molar-refractivity contribution is 6.77. The molecule has 0 radical (unpaired) electrons. The molecule has 0 bridgehead atoms. The fourth-order valence-corrected chi connectivity index (χ4v) is 10.2. The van der Waals surface area contributed by atoms with Gasteiger partial charge in [0, 0.05) is 41.1 Å². The SMILES string of the molecule is C[Si](C)(C)C1CCC(C(=O)N2CCCN(C(=O)C3CCC([Si](C)(C)C)CC3)C2)CC1. The molecule has 30 heavy (non-hydrogen) atoms. The van der Waals surface area contributed by atoms with Crippen molar-refractivity contribution in [3.8, 4) is 0 Å². The van der Waals surface area contributed by atoms with Gasteiger partial charge in [-0.1, -0.05) is 65.0 Å². The smallest absolute Gasteiger partial charge is 0.227 e. The number of hydrogen-bond acceptors (Lipinski definition) is 2. The van der Waals surface area contributed by atoms with Crippen LogP contribution in [0.25, 0.3) is 0 Å². The zero-order chi connectivity index (χ0) is 22.1. The van der Waals surface area contributed by atoms with E-state index in [2.05, 4.69) is 39.3 Å². The van der Waals surface area contributed by atoms with Gasteiger partial charge in [0.05, 0.1) is 6.67 Å². The third kappa shape index (κ3) is 5.78. The van der Waals surface area contributed by atoms with Crippen molar-refractivity contribution in [2.24, 2.45) is 11.8 Å². The molecule has 0 aromatic rings. The Labute approximate surface area is 187 Å². The number of nitrogens with zero attached hydrogens (tertiary/aromatic N) is 2. The van der Waals surface area contributed by atoms with Crippen molar-refractivity contribution < 1.29 is 9.59 Å². The Hall–Kier alpha value is -0.626. The minimum atomic E-state index is -1.10. The van der Waals surface area contributed by atoms with Gasteiger partial charge >= 0.3 is 0 Å². The lowest BCUT2D eigenvalue weighted by Crippen LogP contribution is -2.53. The lowest BCUT2D eigenvalue weighted by molar-refractivity contribution is -0.148. The Morgan fingerprint density at radius 1 is 0.600 bits per heavy atom. The second kappa shape index (κ2) is 9.47. The standard InChI is InChI=1S/C24H46N2O2Si2/c1-29(2,3)21-12-8-19(9-13-21)23(27)25-16-7-17-26(18-25)24(28)20-10-14-22(15-11-20)30(4,5)6/h19-22H,7-18H2,1-6H3. The van der Waals surface area contributed by atoms with Crippen LogP contribution >= 0.6 is 0 Å². The number of rotatable bonds is 4. The average molecular weight is 451 g/mol. The Morgan fingerprint density at radius 3 is 1.23 bits per heavy atom. The topological polar surface area (TPSA) is 40.6 Å². The molecule has 2 saturated carbocycles. The van der Waals surface area contributed by atoms with Crippen molar-refractivity contribution in [3.05, 3.63) is 0 Å². The largest absolute Gasteiger partial charge is 0.325 e. The maximum atomic E-state index is 13.2. The Morgan fingerprint density at radius 2 is 0.933 bits per heavy atom. The maximum absolute atomic E-state index is 13.2. The van der Waals surface area contributed by atoms with Crippen molar-refractivity contribution in [1.82, 2.24) is 9.80 Å². The molecule has 172 valence electrons. The summed E-state index contributed by atoms with van der Waals surface area (Å²) in [6, 6.07) is 0. The van der Waals surface area contributed by atoms with Crippen LogP contribution in [0.5, 0.6) is 0 Å². The predicted molar refractivity (Wildman–Crippen MR) is 131 cm³/mol. The van der Waals surface area contributed by atoms with Crippen LogP contribution < -0.4 is 0 Å². The van der Waals surface area contributed by atoms with E-state index in [4.69, 9.17) is 0 Å². The molecule has 0 N–H and O–H groups in total. The lowest BCUT2D eigenvalue weighted by atomic mass is 9.87. The van der Waals surface area contributed by atoms with Crippen LogP contribution in [-0.4, -0.2) is 57.5 Å². The van der Waals surface area contributed by atoms with Crippen molar-refractivity contribution in [3.63, 3.8) is 0 Å². The minimum Gasteiger partial charge on any atom is -0.325 e. The van der Waals surface area contributed by atoms with Gasteiger partial charge < -0.3 is 9.80 Å². The Kier molecular flexibility index (Phi) is 7.59. The summed E-state index contributed by atoms with van der Waals surface area (Å²) >= 11 is 0. The summed E-state index contributed by atoms with van der Waals surface area (Å²) in [5, 5.41) is 0. The summed E-state index contributed by atoms with van der Waals surface area (Å²) < 4.78 is 0. The molecule has 0 unspecified atom stereocenters. The van der Waals surface area contributed by atoms with E-state index in [1.807, 2.05) is 9.80 Å². The molecule has 3 aliphatic rings. The monoisotopic (exact) mass is 450 g/mol. The highest BCUT2D eigenvalue weighted by Crippen LogP contribution is 2.41. The zero-order valence-electron chi connectivity index (χ0n) is 20.5. The summed E-state index contributed by atoms with van der Waals surface area (Å²) in [5.74, 6) is 1.03. The van der Waals surface area contributed by atoms with Gasteiger partial charge in [0.25, 0.3) is 0 Å². The molecule has 3 fully saturated rings. The molecule has 2 amide bonds. The molecular weight excluding hydrogens is 404 g/mol. The number of amides is 2. The lowest BCUT2D eigenvalue weighted by Gasteiger charge is -2.42. The highest BCUT2D eigenvalue weighted by atomic mass is 28.3. The van der Waals surface area contributed by atoms with E-state index in [1.54, 1.807) is 0 Å². The van der Waals surface area contributed by atoms with E-state index in [0.29, 0.717) is 18.5 Å². The predicted octanol–water partition coefficient (Wildman–Crippen LogP) is 5.80. The summed E-state index contributed by atoms with van der Waals surface area (Å²) in [6.45, 7) is 17.0. The fraction of sp³-hybridized carbons (Fsp3) is 0.917. The van der Waals surface area contributed by atoms with Gasteiger partial charge in [-0.2, -0.15) is 0 Å². The Balaban J connectivity index is 1.50. The van der Waals surface area contributed by atoms with Crippen molar-refractivity contribution >= 4 is 28.0 Å². The number of hydrogen-bond donors (Lipinski definition) is 0. The average Bonchev–Trinajstić information content (AvgIpc) is 2.71. The van der Waals surface area contributed by atoms with Gasteiger partial charge in [-0.05, 0) is 43.2 Å². The second-order valence-corrected chi connectivity index (χ2v) is 23.6. The third-order valence-electron chi connectivity index (χ3n) is 8.42. The molecule has 6 heteroatoms. The van der Waals surface area contributed by atoms with E-state index in [1.165, 1.54) is 25.7 Å². The summed E-state index contributed by atoms with van der Waals surface area (Å²) in [6.07, 6.45) is 10.1. The van der Waals surface area contributed by atoms with Crippen LogP contribution in [0.3, 0.4) is 0 Å². The number of carbonyl (C=O) groups excluding carboxylic acids is 2.